The molecule has 2 aromatic rings. The van der Waals surface area contributed by atoms with Crippen molar-refractivity contribution in [1.82, 2.24) is 15.6 Å². The number of carbonyl (C=O) groups is 2. The van der Waals surface area contributed by atoms with Crippen molar-refractivity contribution in [3.8, 4) is 0 Å². The lowest BCUT2D eigenvalue weighted by atomic mass is 9.95. The number of benzene rings is 1. The summed E-state index contributed by atoms with van der Waals surface area (Å²) >= 11 is 0. The lowest BCUT2D eigenvalue weighted by molar-refractivity contribution is 0.0928. The Bertz CT molecular complexity index is 804. The molecule has 0 atom stereocenters. The molecule has 0 radical (unpaired) electrons. The number of nitrogens with zero attached hydrogens (tertiary/aromatic N) is 1. The van der Waals surface area contributed by atoms with Crippen LogP contribution in [0.1, 0.15) is 49.4 Å². The maximum absolute atomic E-state index is 12.9. The van der Waals surface area contributed by atoms with Crippen molar-refractivity contribution in [2.24, 2.45) is 0 Å². The molecule has 1 aliphatic rings. The van der Waals surface area contributed by atoms with Crippen LogP contribution in [0.15, 0.2) is 42.6 Å². The highest BCUT2D eigenvalue weighted by Gasteiger charge is 2.20. The molecule has 1 heterocycles. The van der Waals surface area contributed by atoms with E-state index < -0.39 is 0 Å². The van der Waals surface area contributed by atoms with Crippen molar-refractivity contribution in [2.75, 3.05) is 17.2 Å². The summed E-state index contributed by atoms with van der Waals surface area (Å²) in [6.45, 7) is 2.36. The van der Waals surface area contributed by atoms with Crippen LogP contribution >= 0.6 is 0 Å². The van der Waals surface area contributed by atoms with Gasteiger partial charge in [0.1, 0.15) is 5.82 Å². The predicted octanol–water partition coefficient (Wildman–Crippen LogP) is 4.03. The fourth-order valence-corrected chi connectivity index (χ4v) is 3.32. The summed E-state index contributed by atoms with van der Waals surface area (Å²) in [5.74, 6) is 0.223. The lowest BCUT2D eigenvalue weighted by Gasteiger charge is -2.23. The highest BCUT2D eigenvalue weighted by molar-refractivity contribution is 6.01. The first-order valence-corrected chi connectivity index (χ1v) is 9.83. The summed E-state index contributed by atoms with van der Waals surface area (Å²) in [6.07, 6.45) is 7.05. The van der Waals surface area contributed by atoms with Crippen LogP contribution in [-0.4, -0.2) is 29.5 Å². The Morgan fingerprint density at radius 3 is 2.57 bits per heavy atom. The Morgan fingerprint density at radius 2 is 1.86 bits per heavy atom. The minimum absolute atomic E-state index is 0.151. The number of hydrogen-bond acceptors (Lipinski definition) is 4. The minimum atomic E-state index is -0.333. The van der Waals surface area contributed by atoms with Gasteiger partial charge in [-0.25, -0.2) is 9.78 Å². The highest BCUT2D eigenvalue weighted by atomic mass is 16.2. The Hall–Kier alpha value is -3.09. The van der Waals surface area contributed by atoms with Gasteiger partial charge in [0, 0.05) is 30.5 Å². The van der Waals surface area contributed by atoms with Gasteiger partial charge in [-0.2, -0.15) is 0 Å². The van der Waals surface area contributed by atoms with E-state index in [-0.39, 0.29) is 18.0 Å². The third-order valence-corrected chi connectivity index (χ3v) is 4.72. The van der Waals surface area contributed by atoms with Crippen LogP contribution in [0.25, 0.3) is 0 Å². The van der Waals surface area contributed by atoms with E-state index in [9.17, 15) is 9.59 Å². The first-order chi connectivity index (χ1) is 13.7. The molecule has 7 heteroatoms. The number of aromatic nitrogens is 1. The summed E-state index contributed by atoms with van der Waals surface area (Å²) < 4.78 is 0. The first kappa shape index (κ1) is 19.7. The Balaban J connectivity index is 1.82. The van der Waals surface area contributed by atoms with Crippen molar-refractivity contribution >= 4 is 29.1 Å². The SMILES string of the molecule is CCNC(=O)Nc1cc(Nc2ccccc2)c(C(=O)NC2CCCCC2)cn1. The molecule has 1 fully saturated rings. The fraction of sp³-hybridized carbons (Fsp3) is 0.381. The van der Waals surface area contributed by atoms with Crippen molar-refractivity contribution < 1.29 is 9.59 Å². The second-order valence-electron chi connectivity index (χ2n) is 6.90. The zero-order valence-corrected chi connectivity index (χ0v) is 16.1. The van der Waals surface area contributed by atoms with Crippen molar-refractivity contribution in [2.45, 2.75) is 45.1 Å². The molecular weight excluding hydrogens is 354 g/mol. The van der Waals surface area contributed by atoms with Gasteiger partial charge in [-0.15, -0.1) is 0 Å². The summed E-state index contributed by atoms with van der Waals surface area (Å²) in [5.41, 5.74) is 1.90. The molecular formula is C21H27N5O2. The number of nitrogens with one attached hydrogen (secondary N) is 4. The number of amides is 3. The molecule has 0 bridgehead atoms. The van der Waals surface area contributed by atoms with E-state index in [4.69, 9.17) is 0 Å². The predicted molar refractivity (Wildman–Crippen MR) is 111 cm³/mol. The van der Waals surface area contributed by atoms with Crippen LogP contribution in [-0.2, 0) is 0 Å². The fourth-order valence-electron chi connectivity index (χ4n) is 3.32. The quantitative estimate of drug-likeness (QED) is 0.607. The second kappa shape index (κ2) is 9.73. The van der Waals surface area contributed by atoms with E-state index in [0.717, 1.165) is 31.4 Å². The average Bonchev–Trinajstić information content (AvgIpc) is 2.70. The number of rotatable bonds is 6. The maximum Gasteiger partial charge on any atom is 0.320 e. The van der Waals surface area contributed by atoms with Gasteiger partial charge < -0.3 is 16.0 Å². The van der Waals surface area contributed by atoms with E-state index >= 15 is 0 Å². The second-order valence-corrected chi connectivity index (χ2v) is 6.90. The van der Waals surface area contributed by atoms with Crippen LogP contribution in [0.3, 0.4) is 0 Å². The van der Waals surface area contributed by atoms with E-state index in [2.05, 4.69) is 26.3 Å². The van der Waals surface area contributed by atoms with Crippen LogP contribution in [0.5, 0.6) is 0 Å². The van der Waals surface area contributed by atoms with E-state index in [1.807, 2.05) is 37.3 Å². The van der Waals surface area contributed by atoms with Gasteiger partial charge in [0.25, 0.3) is 5.91 Å². The van der Waals surface area contributed by atoms with Crippen LogP contribution in [0, 0.1) is 0 Å². The van der Waals surface area contributed by atoms with Crippen molar-refractivity contribution in [3.63, 3.8) is 0 Å². The smallest absolute Gasteiger partial charge is 0.320 e. The summed E-state index contributed by atoms with van der Waals surface area (Å²) in [5, 5.41) is 11.7. The van der Waals surface area contributed by atoms with Gasteiger partial charge in [0.05, 0.1) is 11.3 Å². The van der Waals surface area contributed by atoms with Crippen LogP contribution in [0.4, 0.5) is 22.0 Å². The third kappa shape index (κ3) is 5.45. The molecule has 7 nitrogen and oxygen atoms in total. The maximum atomic E-state index is 12.9. The van der Waals surface area contributed by atoms with E-state index in [0.29, 0.717) is 23.6 Å². The number of urea groups is 1. The van der Waals surface area contributed by atoms with Gasteiger partial charge in [-0.3, -0.25) is 10.1 Å². The monoisotopic (exact) mass is 381 g/mol. The van der Waals surface area contributed by atoms with Crippen molar-refractivity contribution in [1.29, 1.82) is 0 Å². The topological polar surface area (TPSA) is 95.2 Å². The normalized spacial score (nSPS) is 14.2. The van der Waals surface area contributed by atoms with E-state index in [1.165, 1.54) is 12.6 Å². The summed E-state index contributed by atoms with van der Waals surface area (Å²) in [4.78, 5) is 28.9. The molecule has 0 saturated heterocycles. The van der Waals surface area contributed by atoms with Crippen molar-refractivity contribution in [3.05, 3.63) is 48.2 Å². The Morgan fingerprint density at radius 1 is 1.11 bits per heavy atom. The molecule has 3 amide bonds. The lowest BCUT2D eigenvalue weighted by Crippen LogP contribution is -2.36. The van der Waals surface area contributed by atoms with Crippen LogP contribution in [0.2, 0.25) is 0 Å². The molecule has 1 aromatic carbocycles. The standard InChI is InChI=1S/C21H27N5O2/c1-2-22-21(28)26-19-13-18(24-15-9-5-3-6-10-15)17(14-23-19)20(27)25-16-11-7-4-8-12-16/h3,5-6,9-10,13-14,16H,2,4,7-8,11-12H2,1H3,(H,25,27)(H3,22,23,24,26,28). The molecule has 1 aromatic heterocycles. The number of carbonyl (C=O) groups excluding carboxylic acids is 2. The molecule has 0 unspecified atom stereocenters. The number of anilines is 3. The number of hydrogen-bond donors (Lipinski definition) is 4. The van der Waals surface area contributed by atoms with Gasteiger partial charge >= 0.3 is 6.03 Å². The molecule has 1 saturated carbocycles. The number of pyridine rings is 1. The first-order valence-electron chi connectivity index (χ1n) is 9.83. The van der Waals surface area contributed by atoms with Gasteiger partial charge in [0.2, 0.25) is 0 Å². The van der Waals surface area contributed by atoms with Gasteiger partial charge in [0.15, 0.2) is 0 Å². The molecule has 28 heavy (non-hydrogen) atoms. The summed E-state index contributed by atoms with van der Waals surface area (Å²) in [7, 11) is 0. The molecule has 3 rings (SSSR count). The molecule has 0 aliphatic heterocycles. The van der Waals surface area contributed by atoms with Gasteiger partial charge in [-0.05, 0) is 31.9 Å². The Kier molecular flexibility index (Phi) is 6.84. The highest BCUT2D eigenvalue weighted by Crippen LogP contribution is 2.24. The number of para-hydroxylation sites is 1. The third-order valence-electron chi connectivity index (χ3n) is 4.72. The molecule has 148 valence electrons. The molecule has 4 N–H and O–H groups in total. The average molecular weight is 381 g/mol. The Labute approximate surface area is 165 Å². The van der Waals surface area contributed by atoms with E-state index in [1.54, 1.807) is 6.07 Å². The molecule has 0 spiro atoms. The minimum Gasteiger partial charge on any atom is -0.355 e. The molecule has 1 aliphatic carbocycles. The zero-order valence-electron chi connectivity index (χ0n) is 16.1. The van der Waals surface area contributed by atoms with Crippen LogP contribution < -0.4 is 21.3 Å². The zero-order chi connectivity index (χ0) is 19.8. The van der Waals surface area contributed by atoms with Gasteiger partial charge in [-0.1, -0.05) is 37.5 Å². The largest absolute Gasteiger partial charge is 0.355 e. The summed E-state index contributed by atoms with van der Waals surface area (Å²) in [6, 6.07) is 11.1.